The van der Waals surface area contributed by atoms with Gasteiger partial charge in [0.1, 0.15) is 18.0 Å². The van der Waals surface area contributed by atoms with E-state index in [1.165, 1.54) is 25.7 Å². The van der Waals surface area contributed by atoms with Gasteiger partial charge >= 0.3 is 0 Å². The van der Waals surface area contributed by atoms with Gasteiger partial charge < -0.3 is 10.3 Å². The van der Waals surface area contributed by atoms with Crippen LogP contribution in [-0.2, 0) is 6.42 Å². The lowest BCUT2D eigenvalue weighted by molar-refractivity contribution is 0.667. The molecule has 0 saturated heterocycles. The van der Waals surface area contributed by atoms with Crippen molar-refractivity contribution in [3.8, 4) is 0 Å². The maximum Gasteiger partial charge on any atom is 0.148 e. The number of hydrogen-bond donors (Lipinski definition) is 2. The average Bonchev–Trinajstić information content (AvgIpc) is 2.46. The van der Waals surface area contributed by atoms with E-state index in [1.807, 2.05) is 0 Å². The van der Waals surface area contributed by atoms with Crippen molar-refractivity contribution in [1.82, 2.24) is 9.97 Å². The molecular formula is C14H27N5. The topological polar surface area (TPSA) is 67.1 Å². The average molecular weight is 265 g/mol. The number of hydrogen-bond acceptors (Lipinski definition) is 5. The SMILES string of the molecule is CCCCN(CCCC)c1ncnc(NN)c1CC. The summed E-state index contributed by atoms with van der Waals surface area (Å²) in [5.41, 5.74) is 3.78. The first-order chi connectivity index (χ1) is 9.28. The second kappa shape index (κ2) is 8.69. The highest BCUT2D eigenvalue weighted by molar-refractivity contribution is 5.58. The molecule has 0 atom stereocenters. The molecule has 0 radical (unpaired) electrons. The van der Waals surface area contributed by atoms with Crippen LogP contribution in [0.2, 0.25) is 0 Å². The Morgan fingerprint density at radius 3 is 2.21 bits per heavy atom. The molecular weight excluding hydrogens is 238 g/mol. The van der Waals surface area contributed by atoms with Crippen molar-refractivity contribution >= 4 is 11.6 Å². The molecule has 0 aliphatic heterocycles. The van der Waals surface area contributed by atoms with Crippen molar-refractivity contribution in [3.63, 3.8) is 0 Å². The zero-order valence-corrected chi connectivity index (χ0v) is 12.4. The van der Waals surface area contributed by atoms with Gasteiger partial charge in [0.25, 0.3) is 0 Å². The van der Waals surface area contributed by atoms with E-state index in [-0.39, 0.29) is 0 Å². The van der Waals surface area contributed by atoms with Crippen LogP contribution in [0.1, 0.15) is 52.0 Å². The Morgan fingerprint density at radius 1 is 1.11 bits per heavy atom. The summed E-state index contributed by atoms with van der Waals surface area (Å²) in [7, 11) is 0. The van der Waals surface area contributed by atoms with E-state index in [4.69, 9.17) is 5.84 Å². The highest BCUT2D eigenvalue weighted by Crippen LogP contribution is 2.24. The van der Waals surface area contributed by atoms with Crippen LogP contribution >= 0.6 is 0 Å². The molecule has 5 nitrogen and oxygen atoms in total. The number of rotatable bonds is 9. The minimum atomic E-state index is 0.741. The van der Waals surface area contributed by atoms with E-state index in [1.54, 1.807) is 6.33 Å². The Balaban J connectivity index is 2.98. The summed E-state index contributed by atoms with van der Waals surface area (Å²) in [5.74, 6) is 7.31. The van der Waals surface area contributed by atoms with Crippen LogP contribution in [0.15, 0.2) is 6.33 Å². The fourth-order valence-corrected chi connectivity index (χ4v) is 2.15. The minimum Gasteiger partial charge on any atom is -0.356 e. The molecule has 0 aliphatic rings. The summed E-state index contributed by atoms with van der Waals surface area (Å²) in [6.45, 7) is 8.63. The van der Waals surface area contributed by atoms with Crippen molar-refractivity contribution in [2.24, 2.45) is 5.84 Å². The van der Waals surface area contributed by atoms with Gasteiger partial charge in [-0.3, -0.25) is 0 Å². The number of nitrogens with one attached hydrogen (secondary N) is 1. The second-order valence-corrected chi connectivity index (χ2v) is 4.72. The Kier molecular flexibility index (Phi) is 7.18. The van der Waals surface area contributed by atoms with E-state index in [0.717, 1.165) is 36.7 Å². The van der Waals surface area contributed by atoms with Gasteiger partial charge in [-0.1, -0.05) is 33.6 Å². The van der Waals surface area contributed by atoms with Crippen molar-refractivity contribution in [2.45, 2.75) is 52.9 Å². The van der Waals surface area contributed by atoms with Crippen molar-refractivity contribution in [3.05, 3.63) is 11.9 Å². The third kappa shape index (κ3) is 4.35. The molecule has 108 valence electrons. The maximum atomic E-state index is 5.54. The molecule has 0 aromatic carbocycles. The molecule has 1 heterocycles. The van der Waals surface area contributed by atoms with Gasteiger partial charge in [-0.05, 0) is 19.3 Å². The number of aromatic nitrogens is 2. The van der Waals surface area contributed by atoms with Gasteiger partial charge in [0.05, 0.1) is 0 Å². The summed E-state index contributed by atoms with van der Waals surface area (Å²) >= 11 is 0. The number of anilines is 2. The standard InChI is InChI=1S/C14H27N5/c1-4-7-9-19(10-8-5-2)14-12(6-3)13(18-15)16-11-17-14/h11H,4-10,15H2,1-3H3,(H,16,17,18). The van der Waals surface area contributed by atoms with Gasteiger partial charge in [-0.25, -0.2) is 15.8 Å². The van der Waals surface area contributed by atoms with Crippen LogP contribution in [0.5, 0.6) is 0 Å². The van der Waals surface area contributed by atoms with Crippen molar-refractivity contribution in [2.75, 3.05) is 23.4 Å². The van der Waals surface area contributed by atoms with Crippen LogP contribution in [0.3, 0.4) is 0 Å². The molecule has 1 rings (SSSR count). The quantitative estimate of drug-likeness (QED) is 0.531. The van der Waals surface area contributed by atoms with Crippen LogP contribution in [-0.4, -0.2) is 23.1 Å². The third-order valence-electron chi connectivity index (χ3n) is 3.28. The van der Waals surface area contributed by atoms with Gasteiger partial charge in [-0.15, -0.1) is 0 Å². The number of hydrazine groups is 1. The van der Waals surface area contributed by atoms with Gasteiger partial charge in [0, 0.05) is 18.7 Å². The number of nitrogens with two attached hydrogens (primary N) is 1. The molecule has 0 spiro atoms. The lowest BCUT2D eigenvalue weighted by Crippen LogP contribution is -2.28. The Bertz CT molecular complexity index is 359. The molecule has 19 heavy (non-hydrogen) atoms. The maximum absolute atomic E-state index is 5.54. The molecule has 0 bridgehead atoms. The Morgan fingerprint density at radius 2 is 1.74 bits per heavy atom. The van der Waals surface area contributed by atoms with E-state index in [2.05, 4.69) is 41.1 Å². The van der Waals surface area contributed by atoms with Crippen molar-refractivity contribution < 1.29 is 0 Å². The highest BCUT2D eigenvalue weighted by Gasteiger charge is 2.15. The monoisotopic (exact) mass is 265 g/mol. The number of nitrogen functional groups attached to an aromatic ring is 1. The molecule has 0 unspecified atom stereocenters. The summed E-state index contributed by atoms with van der Waals surface area (Å²) in [4.78, 5) is 11.1. The summed E-state index contributed by atoms with van der Waals surface area (Å²) < 4.78 is 0. The first-order valence-electron chi connectivity index (χ1n) is 7.33. The fourth-order valence-electron chi connectivity index (χ4n) is 2.15. The second-order valence-electron chi connectivity index (χ2n) is 4.72. The lowest BCUT2D eigenvalue weighted by Gasteiger charge is -2.26. The molecule has 1 aromatic rings. The Hall–Kier alpha value is -1.36. The minimum absolute atomic E-state index is 0.741. The van der Waals surface area contributed by atoms with Gasteiger partial charge in [0.15, 0.2) is 0 Å². The first kappa shape index (κ1) is 15.7. The summed E-state index contributed by atoms with van der Waals surface area (Å²) in [6, 6.07) is 0. The van der Waals surface area contributed by atoms with Crippen molar-refractivity contribution in [1.29, 1.82) is 0 Å². The van der Waals surface area contributed by atoms with E-state index in [0.29, 0.717) is 0 Å². The summed E-state index contributed by atoms with van der Waals surface area (Å²) in [5, 5.41) is 0. The fraction of sp³-hybridized carbons (Fsp3) is 0.714. The largest absolute Gasteiger partial charge is 0.356 e. The predicted molar refractivity (Wildman–Crippen MR) is 81.2 cm³/mol. The van der Waals surface area contributed by atoms with Crippen LogP contribution in [0, 0.1) is 0 Å². The van der Waals surface area contributed by atoms with Crippen LogP contribution in [0.4, 0.5) is 11.6 Å². The molecule has 0 aliphatic carbocycles. The predicted octanol–water partition coefficient (Wildman–Crippen LogP) is 2.73. The van der Waals surface area contributed by atoms with E-state index >= 15 is 0 Å². The number of nitrogens with zero attached hydrogens (tertiary/aromatic N) is 3. The zero-order chi connectivity index (χ0) is 14.1. The van der Waals surface area contributed by atoms with Gasteiger partial charge in [0.2, 0.25) is 0 Å². The molecule has 0 fully saturated rings. The number of unbranched alkanes of at least 4 members (excludes halogenated alkanes) is 2. The van der Waals surface area contributed by atoms with E-state index in [9.17, 15) is 0 Å². The summed E-state index contributed by atoms with van der Waals surface area (Å²) in [6.07, 6.45) is 7.22. The normalized spacial score (nSPS) is 10.5. The van der Waals surface area contributed by atoms with Gasteiger partial charge in [-0.2, -0.15) is 0 Å². The molecule has 3 N–H and O–H groups in total. The Labute approximate surface area is 116 Å². The van der Waals surface area contributed by atoms with E-state index < -0.39 is 0 Å². The van der Waals surface area contributed by atoms with Crippen LogP contribution < -0.4 is 16.2 Å². The smallest absolute Gasteiger partial charge is 0.148 e. The first-order valence-corrected chi connectivity index (χ1v) is 7.33. The molecule has 0 amide bonds. The third-order valence-corrected chi connectivity index (χ3v) is 3.28. The molecule has 0 saturated carbocycles. The molecule has 1 aromatic heterocycles. The molecule has 5 heteroatoms. The lowest BCUT2D eigenvalue weighted by atomic mass is 10.2. The van der Waals surface area contributed by atoms with Crippen LogP contribution in [0.25, 0.3) is 0 Å². The zero-order valence-electron chi connectivity index (χ0n) is 12.4. The highest BCUT2D eigenvalue weighted by atomic mass is 15.3.